The molecule has 0 aliphatic rings. The molecule has 0 aromatic carbocycles. The van der Waals surface area contributed by atoms with Crippen LogP contribution in [-0.4, -0.2) is 19.6 Å². The van der Waals surface area contributed by atoms with E-state index in [1.165, 1.54) is 5.69 Å². The molecule has 0 radical (unpaired) electrons. The van der Waals surface area contributed by atoms with Crippen molar-refractivity contribution < 1.29 is 0 Å². The fourth-order valence-electron chi connectivity index (χ4n) is 1.24. The van der Waals surface area contributed by atoms with Crippen molar-refractivity contribution in [2.24, 2.45) is 0 Å². The number of hydrogen-bond acceptors (Lipinski definition) is 3. The highest BCUT2D eigenvalue weighted by atomic mass is 15.2. The lowest BCUT2D eigenvalue weighted by molar-refractivity contribution is 0.820. The van der Waals surface area contributed by atoms with Gasteiger partial charge in [-0.2, -0.15) is 5.10 Å². The highest BCUT2D eigenvalue weighted by molar-refractivity contribution is 5.27. The number of rotatable bonds is 2. The molecule has 2 heterocycles. The Bertz CT molecular complexity index is 379. The smallest absolute Gasteiger partial charge is 0.253 e. The van der Waals surface area contributed by atoms with Crippen LogP contribution in [0.1, 0.15) is 19.0 Å². The first kappa shape index (κ1) is 7.21. The van der Waals surface area contributed by atoms with Gasteiger partial charge in [0.1, 0.15) is 0 Å². The normalized spacial score (nSPS) is 10.8. The minimum Gasteiger partial charge on any atom is -0.285 e. The minimum atomic E-state index is 0.681. The van der Waals surface area contributed by atoms with Gasteiger partial charge in [-0.15, -0.1) is 5.10 Å². The molecule has 0 spiro atoms. The van der Waals surface area contributed by atoms with Gasteiger partial charge in [0, 0.05) is 18.1 Å². The standard InChI is InChI=1S/C8H10N4/c1-2-3-7-6-10-11-8-9-4-5-12(7)8/h4-6H,2-3H2,1H3. The van der Waals surface area contributed by atoms with Crippen LogP contribution in [0.5, 0.6) is 0 Å². The summed E-state index contributed by atoms with van der Waals surface area (Å²) < 4.78 is 1.97. The Morgan fingerprint density at radius 1 is 1.50 bits per heavy atom. The van der Waals surface area contributed by atoms with Gasteiger partial charge in [0.15, 0.2) is 0 Å². The van der Waals surface area contributed by atoms with Crippen LogP contribution in [-0.2, 0) is 6.42 Å². The van der Waals surface area contributed by atoms with E-state index in [1.807, 2.05) is 10.6 Å². The van der Waals surface area contributed by atoms with E-state index in [1.54, 1.807) is 12.4 Å². The molecule has 0 saturated heterocycles. The Morgan fingerprint density at radius 2 is 2.42 bits per heavy atom. The molecule has 0 unspecified atom stereocenters. The summed E-state index contributed by atoms with van der Waals surface area (Å²) in [6, 6.07) is 0. The number of hydrogen-bond donors (Lipinski definition) is 0. The van der Waals surface area contributed by atoms with Gasteiger partial charge in [-0.25, -0.2) is 4.98 Å². The van der Waals surface area contributed by atoms with Crippen molar-refractivity contribution in [2.45, 2.75) is 19.8 Å². The molecular weight excluding hydrogens is 152 g/mol. The molecule has 0 atom stereocenters. The van der Waals surface area contributed by atoms with Gasteiger partial charge >= 0.3 is 0 Å². The first-order valence-electron chi connectivity index (χ1n) is 4.05. The second-order valence-corrected chi connectivity index (χ2v) is 2.68. The van der Waals surface area contributed by atoms with E-state index < -0.39 is 0 Å². The number of imidazole rings is 1. The van der Waals surface area contributed by atoms with Crippen molar-refractivity contribution in [1.82, 2.24) is 19.6 Å². The van der Waals surface area contributed by atoms with Crippen LogP contribution in [0, 0.1) is 0 Å². The summed E-state index contributed by atoms with van der Waals surface area (Å²) in [5, 5.41) is 7.76. The summed E-state index contributed by atoms with van der Waals surface area (Å²) in [7, 11) is 0. The minimum absolute atomic E-state index is 0.681. The van der Waals surface area contributed by atoms with Crippen molar-refractivity contribution >= 4 is 5.78 Å². The van der Waals surface area contributed by atoms with Crippen LogP contribution in [0.2, 0.25) is 0 Å². The molecule has 0 aliphatic heterocycles. The van der Waals surface area contributed by atoms with Crippen molar-refractivity contribution in [3.63, 3.8) is 0 Å². The molecule has 0 amide bonds. The summed E-state index contributed by atoms with van der Waals surface area (Å²) in [4.78, 5) is 4.05. The number of aryl methyl sites for hydroxylation is 1. The SMILES string of the molecule is CCCc1cnnc2nccn12. The molecule has 4 nitrogen and oxygen atoms in total. The molecule has 12 heavy (non-hydrogen) atoms. The molecule has 0 saturated carbocycles. The topological polar surface area (TPSA) is 43.1 Å². The van der Waals surface area contributed by atoms with E-state index in [4.69, 9.17) is 0 Å². The van der Waals surface area contributed by atoms with E-state index in [-0.39, 0.29) is 0 Å². The van der Waals surface area contributed by atoms with Crippen molar-refractivity contribution in [3.8, 4) is 0 Å². The maximum atomic E-state index is 4.05. The lowest BCUT2D eigenvalue weighted by atomic mass is 10.3. The first-order chi connectivity index (χ1) is 5.92. The first-order valence-corrected chi connectivity index (χ1v) is 4.05. The molecule has 62 valence electrons. The molecule has 0 bridgehead atoms. The zero-order valence-electron chi connectivity index (χ0n) is 6.94. The number of nitrogens with zero attached hydrogens (tertiary/aromatic N) is 4. The van der Waals surface area contributed by atoms with E-state index in [2.05, 4.69) is 22.1 Å². The van der Waals surface area contributed by atoms with E-state index >= 15 is 0 Å². The molecule has 0 N–H and O–H groups in total. The molecule has 0 fully saturated rings. The lowest BCUT2D eigenvalue weighted by Crippen LogP contribution is -1.99. The third kappa shape index (κ3) is 1.05. The second kappa shape index (κ2) is 2.89. The maximum absolute atomic E-state index is 4.05. The largest absolute Gasteiger partial charge is 0.285 e. The van der Waals surface area contributed by atoms with Crippen LogP contribution < -0.4 is 0 Å². The average molecular weight is 162 g/mol. The summed E-state index contributed by atoms with van der Waals surface area (Å²) in [5.41, 5.74) is 1.17. The van der Waals surface area contributed by atoms with Crippen LogP contribution in [0.15, 0.2) is 18.6 Å². The summed E-state index contributed by atoms with van der Waals surface area (Å²) in [5.74, 6) is 0.681. The average Bonchev–Trinajstić information content (AvgIpc) is 2.53. The fraction of sp³-hybridized carbons (Fsp3) is 0.375. The third-order valence-corrected chi connectivity index (χ3v) is 1.79. The van der Waals surface area contributed by atoms with Crippen LogP contribution >= 0.6 is 0 Å². The van der Waals surface area contributed by atoms with Crippen LogP contribution in [0.3, 0.4) is 0 Å². The number of fused-ring (bicyclic) bond motifs is 1. The summed E-state index contributed by atoms with van der Waals surface area (Å²) >= 11 is 0. The van der Waals surface area contributed by atoms with Gasteiger partial charge < -0.3 is 0 Å². The lowest BCUT2D eigenvalue weighted by Gasteiger charge is -1.99. The van der Waals surface area contributed by atoms with Gasteiger partial charge in [0.2, 0.25) is 0 Å². The van der Waals surface area contributed by atoms with Crippen LogP contribution in [0.25, 0.3) is 5.78 Å². The van der Waals surface area contributed by atoms with Gasteiger partial charge in [0.25, 0.3) is 5.78 Å². The Labute approximate surface area is 70.3 Å². The molecular formula is C8H10N4. The molecule has 2 aromatic heterocycles. The Hall–Kier alpha value is -1.45. The predicted molar refractivity (Wildman–Crippen MR) is 44.8 cm³/mol. The van der Waals surface area contributed by atoms with Crippen LogP contribution in [0.4, 0.5) is 0 Å². The second-order valence-electron chi connectivity index (χ2n) is 2.68. The highest BCUT2D eigenvalue weighted by Crippen LogP contribution is 2.02. The maximum Gasteiger partial charge on any atom is 0.253 e. The zero-order valence-corrected chi connectivity index (χ0v) is 6.94. The third-order valence-electron chi connectivity index (χ3n) is 1.79. The summed E-state index contributed by atoms with van der Waals surface area (Å²) in [6.07, 6.45) is 7.57. The van der Waals surface area contributed by atoms with Crippen molar-refractivity contribution in [1.29, 1.82) is 0 Å². The van der Waals surface area contributed by atoms with Gasteiger partial charge in [-0.05, 0) is 6.42 Å². The van der Waals surface area contributed by atoms with Crippen molar-refractivity contribution in [2.75, 3.05) is 0 Å². The van der Waals surface area contributed by atoms with E-state index in [0.717, 1.165) is 12.8 Å². The number of aromatic nitrogens is 4. The molecule has 2 rings (SSSR count). The predicted octanol–water partition coefficient (Wildman–Crippen LogP) is 1.08. The summed E-state index contributed by atoms with van der Waals surface area (Å²) in [6.45, 7) is 2.14. The molecule has 2 aromatic rings. The Kier molecular flexibility index (Phi) is 1.74. The Balaban J connectivity index is 2.57. The van der Waals surface area contributed by atoms with E-state index in [0.29, 0.717) is 5.78 Å². The van der Waals surface area contributed by atoms with Gasteiger partial charge in [-0.1, -0.05) is 13.3 Å². The monoisotopic (exact) mass is 162 g/mol. The van der Waals surface area contributed by atoms with E-state index in [9.17, 15) is 0 Å². The quantitative estimate of drug-likeness (QED) is 0.663. The van der Waals surface area contributed by atoms with Crippen molar-refractivity contribution in [3.05, 3.63) is 24.3 Å². The van der Waals surface area contributed by atoms with Gasteiger partial charge in [-0.3, -0.25) is 4.40 Å². The zero-order chi connectivity index (χ0) is 8.39. The highest BCUT2D eigenvalue weighted by Gasteiger charge is 1.99. The molecule has 0 aliphatic carbocycles. The fourth-order valence-corrected chi connectivity index (χ4v) is 1.24. The van der Waals surface area contributed by atoms with Gasteiger partial charge in [0.05, 0.1) is 6.20 Å². The molecule has 4 heteroatoms. The Morgan fingerprint density at radius 3 is 3.25 bits per heavy atom.